The molecular formula is C16H13NO3. The van der Waals surface area contributed by atoms with Crippen LogP contribution in [0.4, 0.5) is 0 Å². The zero-order valence-corrected chi connectivity index (χ0v) is 10.7. The summed E-state index contributed by atoms with van der Waals surface area (Å²) in [5.74, 6) is -0.535. The van der Waals surface area contributed by atoms with Gasteiger partial charge in [-0.1, -0.05) is 60.7 Å². The molecule has 2 rings (SSSR count). The van der Waals surface area contributed by atoms with Gasteiger partial charge in [0.25, 0.3) is 0 Å². The molecule has 0 saturated heterocycles. The molecule has 0 bridgehead atoms. The predicted molar refractivity (Wildman–Crippen MR) is 72.1 cm³/mol. The van der Waals surface area contributed by atoms with Crippen molar-refractivity contribution < 1.29 is 14.6 Å². The second-order valence-electron chi connectivity index (χ2n) is 4.13. The van der Waals surface area contributed by atoms with Crippen molar-refractivity contribution in [3.8, 4) is 6.07 Å². The lowest BCUT2D eigenvalue weighted by atomic mass is 10.1. The van der Waals surface area contributed by atoms with Gasteiger partial charge in [0, 0.05) is 0 Å². The van der Waals surface area contributed by atoms with Crippen molar-refractivity contribution in [3.05, 3.63) is 71.8 Å². The second kappa shape index (κ2) is 7.07. The average molecular weight is 267 g/mol. The van der Waals surface area contributed by atoms with Gasteiger partial charge >= 0.3 is 5.97 Å². The third-order valence-electron chi connectivity index (χ3n) is 2.65. The van der Waals surface area contributed by atoms with Gasteiger partial charge in [-0.2, -0.15) is 10.1 Å². The van der Waals surface area contributed by atoms with Crippen molar-refractivity contribution in [1.29, 1.82) is 5.26 Å². The van der Waals surface area contributed by atoms with Crippen LogP contribution in [0.25, 0.3) is 0 Å². The summed E-state index contributed by atoms with van der Waals surface area (Å²) in [6.07, 6.45) is -0.816. The van der Waals surface area contributed by atoms with Crippen LogP contribution in [0.3, 0.4) is 0 Å². The molecule has 20 heavy (non-hydrogen) atoms. The Morgan fingerprint density at radius 3 is 2.25 bits per heavy atom. The number of hydrogen-bond donors (Lipinski definition) is 0. The highest BCUT2D eigenvalue weighted by molar-refractivity contribution is 5.71. The smallest absolute Gasteiger partial charge is 0.296 e. The number of rotatable bonds is 5. The summed E-state index contributed by atoms with van der Waals surface area (Å²) in [5, 5.41) is 9.02. The Kier molecular flexibility index (Phi) is 4.87. The van der Waals surface area contributed by atoms with E-state index in [4.69, 9.17) is 15.0 Å². The molecule has 1 atom stereocenters. The van der Waals surface area contributed by atoms with Gasteiger partial charge < -0.3 is 0 Å². The molecule has 2 aromatic carbocycles. The molecule has 0 spiro atoms. The molecule has 4 heteroatoms. The van der Waals surface area contributed by atoms with Gasteiger partial charge in [-0.3, -0.25) is 4.89 Å². The number of benzene rings is 2. The molecule has 0 aliphatic heterocycles. The monoisotopic (exact) mass is 267 g/mol. The Balaban J connectivity index is 1.88. The summed E-state index contributed by atoms with van der Waals surface area (Å²) in [5.41, 5.74) is 1.47. The first kappa shape index (κ1) is 13.8. The van der Waals surface area contributed by atoms with Crippen molar-refractivity contribution in [2.24, 2.45) is 0 Å². The maximum atomic E-state index is 11.6. The zero-order valence-electron chi connectivity index (χ0n) is 10.7. The maximum Gasteiger partial charge on any atom is 0.346 e. The quantitative estimate of drug-likeness (QED) is 0.617. The first-order valence-corrected chi connectivity index (χ1v) is 6.14. The summed E-state index contributed by atoms with van der Waals surface area (Å²) < 4.78 is 0. The van der Waals surface area contributed by atoms with Gasteiger partial charge in [-0.15, -0.1) is 0 Å². The van der Waals surface area contributed by atoms with Crippen LogP contribution in [-0.4, -0.2) is 5.97 Å². The minimum Gasteiger partial charge on any atom is -0.296 e. The van der Waals surface area contributed by atoms with Crippen LogP contribution in [0, 0.1) is 11.3 Å². The van der Waals surface area contributed by atoms with Gasteiger partial charge in [-0.05, 0) is 11.1 Å². The zero-order chi connectivity index (χ0) is 14.2. The van der Waals surface area contributed by atoms with E-state index >= 15 is 0 Å². The third-order valence-corrected chi connectivity index (χ3v) is 2.65. The summed E-state index contributed by atoms with van der Waals surface area (Å²) in [6.45, 7) is 0. The molecule has 100 valence electrons. The fraction of sp³-hybridized carbons (Fsp3) is 0.125. The average Bonchev–Trinajstić information content (AvgIpc) is 2.50. The SMILES string of the molecule is N#CC(OOC(=O)Cc1ccccc1)c1ccccc1. The Bertz CT molecular complexity index is 590. The highest BCUT2D eigenvalue weighted by Crippen LogP contribution is 2.16. The van der Waals surface area contributed by atoms with Crippen LogP contribution in [0.5, 0.6) is 0 Å². The van der Waals surface area contributed by atoms with Crippen LogP contribution < -0.4 is 0 Å². The van der Waals surface area contributed by atoms with Gasteiger partial charge in [0.2, 0.25) is 6.10 Å². The van der Waals surface area contributed by atoms with E-state index in [2.05, 4.69) is 0 Å². The first-order valence-electron chi connectivity index (χ1n) is 6.14. The molecule has 0 radical (unpaired) electrons. The van der Waals surface area contributed by atoms with E-state index in [9.17, 15) is 4.79 Å². The fourth-order valence-electron chi connectivity index (χ4n) is 1.67. The van der Waals surface area contributed by atoms with E-state index in [1.807, 2.05) is 42.5 Å². The highest BCUT2D eigenvalue weighted by atomic mass is 17.2. The summed E-state index contributed by atoms with van der Waals surface area (Å²) in [7, 11) is 0. The van der Waals surface area contributed by atoms with E-state index in [1.54, 1.807) is 24.3 Å². The Morgan fingerprint density at radius 1 is 1.05 bits per heavy atom. The molecule has 1 unspecified atom stereocenters. The number of hydrogen-bond acceptors (Lipinski definition) is 4. The lowest BCUT2D eigenvalue weighted by molar-refractivity contribution is -0.289. The molecule has 0 N–H and O–H groups in total. The van der Waals surface area contributed by atoms with E-state index in [1.165, 1.54) is 0 Å². The number of carbonyl (C=O) groups excluding carboxylic acids is 1. The molecule has 0 fully saturated rings. The summed E-state index contributed by atoms with van der Waals surface area (Å²) >= 11 is 0. The number of carbonyl (C=O) groups is 1. The Labute approximate surface area is 117 Å². The normalized spacial score (nSPS) is 11.3. The van der Waals surface area contributed by atoms with Crippen LogP contribution in [0.2, 0.25) is 0 Å². The summed E-state index contributed by atoms with van der Waals surface area (Å²) in [4.78, 5) is 21.2. The Hall–Kier alpha value is -2.64. The molecule has 0 aromatic heterocycles. The molecule has 0 aliphatic rings. The van der Waals surface area contributed by atoms with E-state index in [0.717, 1.165) is 5.56 Å². The highest BCUT2D eigenvalue weighted by Gasteiger charge is 2.15. The maximum absolute atomic E-state index is 11.6. The van der Waals surface area contributed by atoms with Crippen molar-refractivity contribution >= 4 is 5.97 Å². The molecule has 0 saturated carbocycles. The number of nitrogens with zero attached hydrogens (tertiary/aromatic N) is 1. The van der Waals surface area contributed by atoms with Crippen molar-refractivity contribution in [2.75, 3.05) is 0 Å². The molecule has 4 nitrogen and oxygen atoms in total. The molecule has 0 amide bonds. The number of nitriles is 1. The largest absolute Gasteiger partial charge is 0.346 e. The van der Waals surface area contributed by atoms with E-state index < -0.39 is 12.1 Å². The molecule has 0 aliphatic carbocycles. The molecule has 2 aromatic rings. The third kappa shape index (κ3) is 3.94. The van der Waals surface area contributed by atoms with Gasteiger partial charge in [0.1, 0.15) is 6.07 Å². The van der Waals surface area contributed by atoms with Crippen molar-refractivity contribution in [3.63, 3.8) is 0 Å². The fourth-order valence-corrected chi connectivity index (χ4v) is 1.67. The topological polar surface area (TPSA) is 59.3 Å². The van der Waals surface area contributed by atoms with E-state index in [-0.39, 0.29) is 6.42 Å². The van der Waals surface area contributed by atoms with Gasteiger partial charge in [-0.25, -0.2) is 4.79 Å². The van der Waals surface area contributed by atoms with Crippen LogP contribution in [-0.2, 0) is 21.0 Å². The first-order chi connectivity index (χ1) is 9.79. The minimum absolute atomic E-state index is 0.105. The minimum atomic E-state index is -0.920. The van der Waals surface area contributed by atoms with Crippen molar-refractivity contribution in [1.82, 2.24) is 0 Å². The standard InChI is InChI=1S/C16H13NO3/c17-12-15(14-9-5-2-6-10-14)19-20-16(18)11-13-7-3-1-4-8-13/h1-10,15H,11H2. The van der Waals surface area contributed by atoms with Crippen LogP contribution >= 0.6 is 0 Å². The van der Waals surface area contributed by atoms with Gasteiger partial charge in [0.05, 0.1) is 6.42 Å². The summed E-state index contributed by atoms with van der Waals surface area (Å²) in [6, 6.07) is 20.0. The van der Waals surface area contributed by atoms with E-state index in [0.29, 0.717) is 5.56 Å². The van der Waals surface area contributed by atoms with Crippen molar-refractivity contribution in [2.45, 2.75) is 12.5 Å². The molecular weight excluding hydrogens is 254 g/mol. The van der Waals surface area contributed by atoms with Gasteiger partial charge in [0.15, 0.2) is 0 Å². The Morgan fingerprint density at radius 2 is 1.65 bits per heavy atom. The predicted octanol–water partition coefficient (Wildman–Crippen LogP) is 2.97. The lowest BCUT2D eigenvalue weighted by Gasteiger charge is -2.09. The van der Waals surface area contributed by atoms with Crippen LogP contribution in [0.15, 0.2) is 60.7 Å². The van der Waals surface area contributed by atoms with Crippen LogP contribution in [0.1, 0.15) is 17.2 Å². The molecule has 0 heterocycles. The second-order valence-corrected chi connectivity index (χ2v) is 4.13. The lowest BCUT2D eigenvalue weighted by Crippen LogP contribution is -2.11.